The Morgan fingerprint density at radius 2 is 2.40 bits per heavy atom. The highest BCUT2D eigenvalue weighted by molar-refractivity contribution is 5.73. The van der Waals surface area contributed by atoms with Crippen LogP contribution < -0.4 is 11.1 Å². The first kappa shape index (κ1) is 11.7. The van der Waals surface area contributed by atoms with E-state index in [1.807, 2.05) is 13.1 Å². The van der Waals surface area contributed by atoms with Crippen molar-refractivity contribution < 1.29 is 4.79 Å². The average molecular weight is 210 g/mol. The van der Waals surface area contributed by atoms with Crippen molar-refractivity contribution in [3.63, 3.8) is 0 Å². The Kier molecular flexibility index (Phi) is 4.83. The van der Waals surface area contributed by atoms with Crippen LogP contribution in [-0.2, 0) is 11.3 Å². The SMILES string of the molecule is Cc1ncc(CNCCCCC(N)=O)[nH]1. The molecule has 1 rings (SSSR count). The van der Waals surface area contributed by atoms with Crippen LogP contribution in [0.2, 0.25) is 0 Å². The van der Waals surface area contributed by atoms with E-state index in [0.29, 0.717) is 6.42 Å². The largest absolute Gasteiger partial charge is 0.370 e. The van der Waals surface area contributed by atoms with Crippen LogP contribution in [0.4, 0.5) is 0 Å². The topological polar surface area (TPSA) is 83.8 Å². The number of aromatic nitrogens is 2. The van der Waals surface area contributed by atoms with E-state index in [9.17, 15) is 4.79 Å². The molecule has 0 aliphatic rings. The van der Waals surface area contributed by atoms with Gasteiger partial charge in [0.2, 0.25) is 5.91 Å². The van der Waals surface area contributed by atoms with Gasteiger partial charge in [-0.15, -0.1) is 0 Å². The minimum absolute atomic E-state index is 0.223. The Labute approximate surface area is 89.5 Å². The second-order valence-electron chi connectivity index (χ2n) is 3.59. The Morgan fingerprint density at radius 3 is 3.00 bits per heavy atom. The number of rotatable bonds is 7. The van der Waals surface area contributed by atoms with E-state index < -0.39 is 0 Å². The molecule has 0 fully saturated rings. The van der Waals surface area contributed by atoms with Gasteiger partial charge >= 0.3 is 0 Å². The maximum Gasteiger partial charge on any atom is 0.217 e. The van der Waals surface area contributed by atoms with E-state index in [4.69, 9.17) is 5.73 Å². The number of carbonyl (C=O) groups is 1. The van der Waals surface area contributed by atoms with Gasteiger partial charge in [0.25, 0.3) is 0 Å². The number of amides is 1. The summed E-state index contributed by atoms with van der Waals surface area (Å²) in [5.41, 5.74) is 6.11. The maximum atomic E-state index is 10.4. The van der Waals surface area contributed by atoms with Crippen molar-refractivity contribution >= 4 is 5.91 Å². The fourth-order valence-corrected chi connectivity index (χ4v) is 1.33. The van der Waals surface area contributed by atoms with Gasteiger partial charge in [-0.3, -0.25) is 4.79 Å². The molecule has 0 spiro atoms. The first-order valence-corrected chi connectivity index (χ1v) is 5.18. The Morgan fingerprint density at radius 1 is 1.60 bits per heavy atom. The van der Waals surface area contributed by atoms with Gasteiger partial charge in [-0.05, 0) is 26.3 Å². The molecule has 1 aromatic rings. The number of unbranched alkanes of at least 4 members (excludes halogenated alkanes) is 1. The van der Waals surface area contributed by atoms with E-state index in [-0.39, 0.29) is 5.91 Å². The number of carbonyl (C=O) groups excluding carboxylic acids is 1. The molecule has 4 N–H and O–H groups in total. The maximum absolute atomic E-state index is 10.4. The van der Waals surface area contributed by atoms with E-state index in [1.54, 1.807) is 0 Å². The summed E-state index contributed by atoms with van der Waals surface area (Å²) in [5, 5.41) is 3.27. The summed E-state index contributed by atoms with van der Waals surface area (Å²) in [5.74, 6) is 0.708. The van der Waals surface area contributed by atoms with Gasteiger partial charge in [0.05, 0.1) is 0 Å². The second-order valence-corrected chi connectivity index (χ2v) is 3.59. The molecule has 0 radical (unpaired) electrons. The van der Waals surface area contributed by atoms with Crippen molar-refractivity contribution in [2.75, 3.05) is 6.54 Å². The number of nitrogens with one attached hydrogen (secondary N) is 2. The fourth-order valence-electron chi connectivity index (χ4n) is 1.33. The van der Waals surface area contributed by atoms with E-state index in [1.165, 1.54) is 0 Å². The Balaban J connectivity index is 2.00. The third-order valence-corrected chi connectivity index (χ3v) is 2.10. The van der Waals surface area contributed by atoms with Crippen LogP contribution in [0.5, 0.6) is 0 Å². The molecule has 0 aromatic carbocycles. The molecule has 0 atom stereocenters. The van der Waals surface area contributed by atoms with Crippen LogP contribution in [0.15, 0.2) is 6.20 Å². The molecule has 0 unspecified atom stereocenters. The molecule has 5 heteroatoms. The highest BCUT2D eigenvalue weighted by Crippen LogP contribution is 1.96. The molecular weight excluding hydrogens is 192 g/mol. The lowest BCUT2D eigenvalue weighted by Crippen LogP contribution is -2.16. The highest BCUT2D eigenvalue weighted by atomic mass is 16.1. The summed E-state index contributed by atoms with van der Waals surface area (Å²) in [6.07, 6.45) is 4.12. The van der Waals surface area contributed by atoms with E-state index in [2.05, 4.69) is 15.3 Å². The van der Waals surface area contributed by atoms with Gasteiger partial charge in [-0.2, -0.15) is 0 Å². The molecule has 0 saturated heterocycles. The monoisotopic (exact) mass is 210 g/mol. The highest BCUT2D eigenvalue weighted by Gasteiger charge is 1.96. The Hall–Kier alpha value is -1.36. The zero-order valence-corrected chi connectivity index (χ0v) is 9.05. The van der Waals surface area contributed by atoms with Gasteiger partial charge in [0.15, 0.2) is 0 Å². The summed E-state index contributed by atoms with van der Waals surface area (Å²) in [6, 6.07) is 0. The number of aromatic amines is 1. The van der Waals surface area contributed by atoms with Gasteiger partial charge in [0, 0.05) is 24.9 Å². The standard InChI is InChI=1S/C10H18N4O/c1-8-13-7-9(14-8)6-12-5-3-2-4-10(11)15/h7,12H,2-6H2,1H3,(H2,11,15)(H,13,14). The third kappa shape index (κ3) is 5.17. The van der Waals surface area contributed by atoms with E-state index in [0.717, 1.165) is 37.4 Å². The average Bonchev–Trinajstić information content (AvgIpc) is 2.57. The number of nitrogens with zero attached hydrogens (tertiary/aromatic N) is 1. The van der Waals surface area contributed by atoms with Crippen LogP contribution in [0.3, 0.4) is 0 Å². The number of H-pyrrole nitrogens is 1. The Bertz CT molecular complexity index is 308. The predicted molar refractivity (Wildman–Crippen MR) is 58.1 cm³/mol. The number of aryl methyl sites for hydroxylation is 1. The van der Waals surface area contributed by atoms with Crippen LogP contribution in [0.1, 0.15) is 30.8 Å². The molecule has 0 bridgehead atoms. The summed E-state index contributed by atoms with van der Waals surface area (Å²) in [6.45, 7) is 3.61. The normalized spacial score (nSPS) is 10.5. The van der Waals surface area contributed by atoms with Crippen molar-refractivity contribution in [2.45, 2.75) is 32.7 Å². The van der Waals surface area contributed by atoms with Crippen molar-refractivity contribution in [3.8, 4) is 0 Å². The molecule has 0 saturated carbocycles. The van der Waals surface area contributed by atoms with Crippen LogP contribution in [0, 0.1) is 6.92 Å². The quantitative estimate of drug-likeness (QED) is 0.572. The predicted octanol–water partition coefficient (Wildman–Crippen LogP) is 0.463. The first-order valence-electron chi connectivity index (χ1n) is 5.18. The summed E-state index contributed by atoms with van der Waals surface area (Å²) in [4.78, 5) is 17.7. The smallest absolute Gasteiger partial charge is 0.217 e. The first-order chi connectivity index (χ1) is 7.18. The van der Waals surface area contributed by atoms with Gasteiger partial charge < -0.3 is 16.0 Å². The van der Waals surface area contributed by atoms with Crippen LogP contribution >= 0.6 is 0 Å². The number of hydrogen-bond donors (Lipinski definition) is 3. The summed E-state index contributed by atoms with van der Waals surface area (Å²) < 4.78 is 0. The molecule has 1 heterocycles. The van der Waals surface area contributed by atoms with Crippen molar-refractivity contribution in [3.05, 3.63) is 17.7 Å². The number of imidazole rings is 1. The van der Waals surface area contributed by atoms with Gasteiger partial charge in [-0.25, -0.2) is 4.98 Å². The summed E-state index contributed by atoms with van der Waals surface area (Å²) >= 11 is 0. The van der Waals surface area contributed by atoms with Gasteiger partial charge in [0.1, 0.15) is 5.82 Å². The molecule has 5 nitrogen and oxygen atoms in total. The van der Waals surface area contributed by atoms with Crippen LogP contribution in [0.25, 0.3) is 0 Å². The summed E-state index contributed by atoms with van der Waals surface area (Å²) in [7, 11) is 0. The minimum atomic E-state index is -0.223. The lowest BCUT2D eigenvalue weighted by atomic mass is 10.2. The van der Waals surface area contributed by atoms with Gasteiger partial charge in [-0.1, -0.05) is 0 Å². The molecular formula is C10H18N4O. The molecule has 84 valence electrons. The molecule has 0 aliphatic carbocycles. The number of primary amides is 1. The molecule has 0 aliphatic heterocycles. The zero-order chi connectivity index (χ0) is 11.1. The molecule has 1 aromatic heterocycles. The number of nitrogens with two attached hydrogens (primary N) is 1. The molecule has 1 amide bonds. The fraction of sp³-hybridized carbons (Fsp3) is 0.600. The van der Waals surface area contributed by atoms with Crippen molar-refractivity contribution in [1.82, 2.24) is 15.3 Å². The second kappa shape index (κ2) is 6.19. The minimum Gasteiger partial charge on any atom is -0.370 e. The lowest BCUT2D eigenvalue weighted by Gasteiger charge is -2.01. The van der Waals surface area contributed by atoms with E-state index >= 15 is 0 Å². The lowest BCUT2D eigenvalue weighted by molar-refractivity contribution is -0.118. The van der Waals surface area contributed by atoms with Crippen molar-refractivity contribution in [2.24, 2.45) is 5.73 Å². The molecule has 15 heavy (non-hydrogen) atoms. The number of hydrogen-bond acceptors (Lipinski definition) is 3. The third-order valence-electron chi connectivity index (χ3n) is 2.10. The van der Waals surface area contributed by atoms with Crippen LogP contribution in [-0.4, -0.2) is 22.4 Å². The zero-order valence-electron chi connectivity index (χ0n) is 9.05. The van der Waals surface area contributed by atoms with Crippen molar-refractivity contribution in [1.29, 1.82) is 0 Å².